The van der Waals surface area contributed by atoms with Gasteiger partial charge >= 0.3 is 5.90 Å². The Morgan fingerprint density at radius 2 is 2.00 bits per heavy atom. The maximum absolute atomic E-state index is 5.47. The first-order chi connectivity index (χ1) is 11.5. The van der Waals surface area contributed by atoms with E-state index < -0.39 is 0 Å². The van der Waals surface area contributed by atoms with Gasteiger partial charge in [0, 0.05) is 32.2 Å². The van der Waals surface area contributed by atoms with E-state index in [1.54, 1.807) is 7.11 Å². The maximum Gasteiger partial charge on any atom is 0.378 e. The number of ether oxygens (including phenoxy) is 1. The Kier molecular flexibility index (Phi) is 5.07. The van der Waals surface area contributed by atoms with Crippen LogP contribution in [0.5, 0.6) is 0 Å². The van der Waals surface area contributed by atoms with Crippen molar-refractivity contribution in [3.8, 4) is 0 Å². The first-order valence-corrected chi connectivity index (χ1v) is 8.87. The number of methoxy groups -OCH3 is 1. The van der Waals surface area contributed by atoms with Crippen LogP contribution in [0.2, 0.25) is 0 Å². The van der Waals surface area contributed by atoms with Crippen molar-refractivity contribution < 1.29 is 9.31 Å². The highest BCUT2D eigenvalue weighted by Crippen LogP contribution is 2.31. The molecule has 4 heteroatoms. The van der Waals surface area contributed by atoms with E-state index in [-0.39, 0.29) is 0 Å². The van der Waals surface area contributed by atoms with Crippen molar-refractivity contribution in [3.63, 3.8) is 0 Å². The van der Waals surface area contributed by atoms with Gasteiger partial charge in [-0.2, -0.15) is 4.58 Å². The number of likely N-dealkylation sites (N-methyl/N-ethyl adjacent to an activating group) is 1. The summed E-state index contributed by atoms with van der Waals surface area (Å²) in [5, 5.41) is 0. The van der Waals surface area contributed by atoms with Gasteiger partial charge in [-0.1, -0.05) is 38.1 Å². The second-order valence-electron chi connectivity index (χ2n) is 7.29. The molecule has 0 bridgehead atoms. The van der Waals surface area contributed by atoms with Crippen LogP contribution >= 0.6 is 0 Å². The van der Waals surface area contributed by atoms with E-state index >= 15 is 0 Å². The van der Waals surface area contributed by atoms with Crippen molar-refractivity contribution in [3.05, 3.63) is 47.2 Å². The second kappa shape index (κ2) is 7.08. The molecule has 0 radical (unpaired) electrons. The fourth-order valence-electron chi connectivity index (χ4n) is 3.88. The zero-order chi connectivity index (χ0) is 17.3. The molecular weight excluding hydrogens is 298 g/mol. The lowest BCUT2D eigenvalue weighted by atomic mass is 9.91. The molecule has 24 heavy (non-hydrogen) atoms. The third-order valence-electron chi connectivity index (χ3n) is 5.24. The second-order valence-corrected chi connectivity index (χ2v) is 7.29. The van der Waals surface area contributed by atoms with E-state index in [0.29, 0.717) is 12.0 Å². The van der Waals surface area contributed by atoms with Crippen LogP contribution in [0, 0.1) is 0 Å². The van der Waals surface area contributed by atoms with Gasteiger partial charge in [-0.3, -0.25) is 9.80 Å². The van der Waals surface area contributed by atoms with Crippen molar-refractivity contribution in [2.24, 2.45) is 0 Å². The molecular formula is C20H30N3O+. The molecule has 130 valence electrons. The molecule has 1 fully saturated rings. The lowest BCUT2D eigenvalue weighted by Crippen LogP contribution is -2.48. The van der Waals surface area contributed by atoms with Crippen molar-refractivity contribution in [1.82, 2.24) is 9.80 Å². The minimum atomic E-state index is 0.460. The average molecular weight is 328 g/mol. The van der Waals surface area contributed by atoms with Crippen LogP contribution in [0.1, 0.15) is 36.9 Å². The summed E-state index contributed by atoms with van der Waals surface area (Å²) in [6, 6.07) is 9.39. The van der Waals surface area contributed by atoms with Gasteiger partial charge in [0.25, 0.3) is 0 Å². The van der Waals surface area contributed by atoms with Crippen LogP contribution < -0.4 is 0 Å². The lowest BCUT2D eigenvalue weighted by molar-refractivity contribution is -0.446. The highest BCUT2D eigenvalue weighted by Gasteiger charge is 2.33. The Balaban J connectivity index is 1.74. The summed E-state index contributed by atoms with van der Waals surface area (Å²) in [4.78, 5) is 5.06. The minimum Gasteiger partial charge on any atom is -0.447 e. The average Bonchev–Trinajstić information content (AvgIpc) is 2.56. The quantitative estimate of drug-likeness (QED) is 0.792. The zero-order valence-electron chi connectivity index (χ0n) is 15.6. The molecule has 3 rings (SSSR count). The normalized spacial score (nSPS) is 22.6. The first-order valence-electron chi connectivity index (χ1n) is 8.87. The molecule has 1 aromatic rings. The Hall–Kier alpha value is -1.65. The first kappa shape index (κ1) is 17.2. The molecule has 1 saturated heterocycles. The molecule has 0 saturated carbocycles. The van der Waals surface area contributed by atoms with E-state index in [4.69, 9.17) is 4.74 Å². The van der Waals surface area contributed by atoms with Gasteiger partial charge in [-0.15, -0.1) is 0 Å². The SMILES string of the molecule is COC1=[N+](C)C=C1CN1CCN(C)C(c2ccccc2C(C)C)C1. The third kappa shape index (κ3) is 3.26. The van der Waals surface area contributed by atoms with Crippen molar-refractivity contribution in [1.29, 1.82) is 0 Å². The Morgan fingerprint density at radius 1 is 1.25 bits per heavy atom. The predicted molar refractivity (Wildman–Crippen MR) is 98.6 cm³/mol. The van der Waals surface area contributed by atoms with Crippen LogP contribution in [0.25, 0.3) is 0 Å². The van der Waals surface area contributed by atoms with Gasteiger partial charge in [0.15, 0.2) is 6.20 Å². The van der Waals surface area contributed by atoms with Crippen LogP contribution in [0.3, 0.4) is 0 Å². The minimum absolute atomic E-state index is 0.460. The number of piperazine rings is 1. The number of nitrogens with zero attached hydrogens (tertiary/aromatic N) is 3. The van der Waals surface area contributed by atoms with Gasteiger partial charge < -0.3 is 4.74 Å². The van der Waals surface area contributed by atoms with Gasteiger partial charge in [0.1, 0.15) is 12.6 Å². The number of hydrogen-bond donors (Lipinski definition) is 0. The molecule has 2 aliphatic heterocycles. The van der Waals surface area contributed by atoms with Gasteiger partial charge in [-0.25, -0.2) is 0 Å². The summed E-state index contributed by atoms with van der Waals surface area (Å²) < 4.78 is 7.53. The monoisotopic (exact) mass is 328 g/mol. The van der Waals surface area contributed by atoms with Crippen LogP contribution in [0.15, 0.2) is 36.0 Å². The number of hydrogen-bond acceptors (Lipinski definition) is 3. The molecule has 0 aliphatic carbocycles. The summed E-state index contributed by atoms with van der Waals surface area (Å²) in [6.07, 6.45) is 2.17. The standard InChI is InChI=1S/C20H30N3O/c1-15(2)17-8-6-7-9-18(17)19-14-23(11-10-21(19)3)13-16-12-22(4)20(16)24-5/h6-9,12,15,19H,10-11,13-14H2,1-5H3/q+1. The summed E-state index contributed by atoms with van der Waals surface area (Å²) in [5.41, 5.74) is 4.26. The Labute approximate surface area is 146 Å². The van der Waals surface area contributed by atoms with Crippen LogP contribution in [-0.4, -0.2) is 67.7 Å². The maximum atomic E-state index is 5.47. The predicted octanol–water partition coefficient (Wildman–Crippen LogP) is 2.68. The molecule has 2 aliphatic rings. The third-order valence-corrected chi connectivity index (χ3v) is 5.24. The van der Waals surface area contributed by atoms with E-state index in [1.165, 1.54) is 16.7 Å². The largest absolute Gasteiger partial charge is 0.447 e. The molecule has 0 aromatic heterocycles. The molecule has 0 spiro atoms. The molecule has 2 heterocycles. The van der Waals surface area contributed by atoms with Crippen LogP contribution in [0.4, 0.5) is 0 Å². The number of benzene rings is 1. The van der Waals surface area contributed by atoms with Gasteiger partial charge in [-0.05, 0) is 24.1 Å². The van der Waals surface area contributed by atoms with Crippen molar-refractivity contribution in [2.45, 2.75) is 25.8 Å². The molecule has 0 amide bonds. The topological polar surface area (TPSA) is 18.7 Å². The van der Waals surface area contributed by atoms with Gasteiger partial charge in [0.05, 0.1) is 7.11 Å². The molecule has 4 nitrogen and oxygen atoms in total. The summed E-state index contributed by atoms with van der Waals surface area (Å²) in [6.45, 7) is 8.82. The highest BCUT2D eigenvalue weighted by atomic mass is 16.5. The molecule has 1 aromatic carbocycles. The van der Waals surface area contributed by atoms with E-state index in [9.17, 15) is 0 Å². The molecule has 1 unspecified atom stereocenters. The van der Waals surface area contributed by atoms with Crippen molar-refractivity contribution in [2.75, 3.05) is 47.4 Å². The summed E-state index contributed by atoms with van der Waals surface area (Å²) >= 11 is 0. The van der Waals surface area contributed by atoms with E-state index in [2.05, 4.69) is 65.7 Å². The fourth-order valence-corrected chi connectivity index (χ4v) is 3.88. The molecule has 0 N–H and O–H groups in total. The van der Waals surface area contributed by atoms with E-state index in [1.807, 2.05) is 7.05 Å². The number of rotatable bonds is 4. The zero-order valence-corrected chi connectivity index (χ0v) is 15.6. The summed E-state index contributed by atoms with van der Waals surface area (Å²) in [7, 11) is 6.04. The Bertz CT molecular complexity index is 663. The van der Waals surface area contributed by atoms with Gasteiger partial charge in [0.2, 0.25) is 0 Å². The highest BCUT2D eigenvalue weighted by molar-refractivity contribution is 5.92. The fraction of sp³-hybridized carbons (Fsp3) is 0.550. The van der Waals surface area contributed by atoms with Crippen molar-refractivity contribution >= 4 is 5.90 Å². The van der Waals surface area contributed by atoms with E-state index in [0.717, 1.165) is 32.1 Å². The van der Waals surface area contributed by atoms with Crippen LogP contribution in [-0.2, 0) is 4.74 Å². The smallest absolute Gasteiger partial charge is 0.378 e. The Morgan fingerprint density at radius 3 is 2.67 bits per heavy atom. The molecule has 1 atom stereocenters. The summed E-state index contributed by atoms with van der Waals surface area (Å²) in [5.74, 6) is 1.56. The lowest BCUT2D eigenvalue weighted by Gasteiger charge is -2.41.